The van der Waals surface area contributed by atoms with Crippen LogP contribution in [0.15, 0.2) is 54.6 Å². The first-order valence-electron chi connectivity index (χ1n) is 13.6. The average Bonchev–Trinajstić information content (AvgIpc) is 3.56. The van der Waals surface area contributed by atoms with Crippen LogP contribution in [0.3, 0.4) is 0 Å². The maximum Gasteiger partial charge on any atom is 0.264 e. The van der Waals surface area contributed by atoms with Gasteiger partial charge in [-0.05, 0) is 55.1 Å². The Morgan fingerprint density at radius 1 is 1.23 bits per heavy atom. The number of aliphatic hydroxyl groups is 2. The Morgan fingerprint density at radius 3 is 2.72 bits per heavy atom. The van der Waals surface area contributed by atoms with E-state index in [1.165, 1.54) is 4.90 Å². The SMILES string of the molecule is C[C@@H](/C=C/CC(=O)N1Cc2ccccc2C[C@H]1CO)[C@]1(O)C(=O)N(C)c2ccc(NC(=O)[C@H]3CCCN3)cc21. The molecule has 0 unspecified atom stereocenters. The van der Waals surface area contributed by atoms with Crippen LogP contribution in [0.5, 0.6) is 0 Å². The number of anilines is 2. The molecule has 0 aliphatic carbocycles. The molecule has 0 spiro atoms. The summed E-state index contributed by atoms with van der Waals surface area (Å²) >= 11 is 0. The number of amides is 3. The molecule has 2 aromatic carbocycles. The van der Waals surface area contributed by atoms with Gasteiger partial charge in [0.25, 0.3) is 5.91 Å². The first-order valence-corrected chi connectivity index (χ1v) is 13.6. The van der Waals surface area contributed by atoms with Gasteiger partial charge < -0.3 is 30.6 Å². The maximum atomic E-state index is 13.3. The minimum absolute atomic E-state index is 0.0838. The third kappa shape index (κ3) is 4.97. The second kappa shape index (κ2) is 10.9. The first-order chi connectivity index (χ1) is 18.7. The predicted molar refractivity (Wildman–Crippen MR) is 148 cm³/mol. The van der Waals surface area contributed by atoms with Crippen LogP contribution in [0.2, 0.25) is 0 Å². The Morgan fingerprint density at radius 2 is 2.00 bits per heavy atom. The molecule has 0 aromatic heterocycles. The van der Waals surface area contributed by atoms with Gasteiger partial charge in [0, 0.05) is 37.2 Å². The van der Waals surface area contributed by atoms with E-state index in [0.29, 0.717) is 29.9 Å². The molecular formula is C30H36N4O5. The Balaban J connectivity index is 1.30. The number of aliphatic hydroxyl groups excluding tert-OH is 1. The van der Waals surface area contributed by atoms with Crippen LogP contribution in [0.1, 0.15) is 42.9 Å². The number of benzene rings is 2. The van der Waals surface area contributed by atoms with Gasteiger partial charge in [-0.3, -0.25) is 14.4 Å². The zero-order valence-corrected chi connectivity index (χ0v) is 22.4. The third-order valence-electron chi connectivity index (χ3n) is 8.31. The molecular weight excluding hydrogens is 496 g/mol. The highest BCUT2D eigenvalue weighted by Gasteiger charge is 2.51. The smallest absolute Gasteiger partial charge is 0.264 e. The van der Waals surface area contributed by atoms with Gasteiger partial charge in [-0.2, -0.15) is 0 Å². The van der Waals surface area contributed by atoms with Gasteiger partial charge in [-0.1, -0.05) is 43.3 Å². The second-order valence-corrected chi connectivity index (χ2v) is 10.8. The van der Waals surface area contributed by atoms with E-state index in [-0.39, 0.29) is 36.9 Å². The number of rotatable bonds is 7. The van der Waals surface area contributed by atoms with Crippen molar-refractivity contribution in [2.75, 3.05) is 30.4 Å². The van der Waals surface area contributed by atoms with E-state index in [1.54, 1.807) is 49.2 Å². The Kier molecular flexibility index (Phi) is 7.57. The molecule has 4 N–H and O–H groups in total. The number of carbonyl (C=O) groups is 3. The molecule has 4 atom stereocenters. The fourth-order valence-electron chi connectivity index (χ4n) is 5.94. The van der Waals surface area contributed by atoms with Crippen molar-refractivity contribution in [2.24, 2.45) is 5.92 Å². The molecule has 0 saturated carbocycles. The molecule has 206 valence electrons. The van der Waals surface area contributed by atoms with Crippen LogP contribution in [0, 0.1) is 5.92 Å². The highest BCUT2D eigenvalue weighted by Crippen LogP contribution is 2.45. The van der Waals surface area contributed by atoms with E-state index in [4.69, 9.17) is 0 Å². The lowest BCUT2D eigenvalue weighted by molar-refractivity contribution is -0.139. The van der Waals surface area contributed by atoms with Crippen LogP contribution < -0.4 is 15.5 Å². The molecule has 1 fully saturated rings. The van der Waals surface area contributed by atoms with E-state index in [1.807, 2.05) is 24.3 Å². The minimum atomic E-state index is -1.84. The lowest BCUT2D eigenvalue weighted by atomic mass is 9.82. The lowest BCUT2D eigenvalue weighted by Crippen LogP contribution is -2.46. The predicted octanol–water partition coefficient (Wildman–Crippen LogP) is 2.07. The van der Waals surface area contributed by atoms with Crippen LogP contribution in [0.4, 0.5) is 11.4 Å². The minimum Gasteiger partial charge on any atom is -0.394 e. The van der Waals surface area contributed by atoms with Crippen molar-refractivity contribution in [3.05, 3.63) is 71.3 Å². The van der Waals surface area contributed by atoms with Gasteiger partial charge in [0.15, 0.2) is 5.60 Å². The Labute approximate surface area is 228 Å². The molecule has 3 heterocycles. The molecule has 1 saturated heterocycles. The number of hydrogen-bond donors (Lipinski definition) is 4. The average molecular weight is 533 g/mol. The van der Waals surface area contributed by atoms with Crippen molar-refractivity contribution in [3.8, 4) is 0 Å². The summed E-state index contributed by atoms with van der Waals surface area (Å²) in [6.45, 7) is 2.87. The van der Waals surface area contributed by atoms with Gasteiger partial charge in [0.2, 0.25) is 11.8 Å². The summed E-state index contributed by atoms with van der Waals surface area (Å²) in [7, 11) is 1.61. The molecule has 39 heavy (non-hydrogen) atoms. The molecule has 3 aliphatic rings. The molecule has 9 heteroatoms. The Hall–Kier alpha value is -3.53. The quantitative estimate of drug-likeness (QED) is 0.405. The number of likely N-dealkylation sites (N-methyl/N-ethyl adjacent to an activating group) is 1. The summed E-state index contributed by atoms with van der Waals surface area (Å²) < 4.78 is 0. The van der Waals surface area contributed by atoms with Gasteiger partial charge in [0.1, 0.15) is 0 Å². The molecule has 2 aromatic rings. The van der Waals surface area contributed by atoms with Gasteiger partial charge in [0.05, 0.1) is 24.4 Å². The van der Waals surface area contributed by atoms with E-state index < -0.39 is 17.4 Å². The summed E-state index contributed by atoms with van der Waals surface area (Å²) in [5.41, 5.74) is 1.89. The van der Waals surface area contributed by atoms with Crippen molar-refractivity contribution in [1.82, 2.24) is 10.2 Å². The first kappa shape index (κ1) is 27.1. The monoisotopic (exact) mass is 532 g/mol. The van der Waals surface area contributed by atoms with Crippen LogP contribution in [-0.4, -0.2) is 65.1 Å². The largest absolute Gasteiger partial charge is 0.394 e. The maximum absolute atomic E-state index is 13.3. The standard InChI is InChI=1S/C30H36N4O5/c1-19(7-5-11-27(36)34-17-21-9-4-3-8-20(21)15-23(34)18-35)30(39)24-16-22(12-13-26(24)33(2)29(30)38)32-28(37)25-10-6-14-31-25/h3-5,7-9,12-13,16,19,23,25,31,35,39H,6,10-11,14-15,17-18H2,1-2H3,(H,32,37)/b7-5+/t19-,23-,25+,30+/m0/s1. The summed E-state index contributed by atoms with van der Waals surface area (Å²) in [5.74, 6) is -1.36. The second-order valence-electron chi connectivity index (χ2n) is 10.8. The van der Waals surface area contributed by atoms with Crippen molar-refractivity contribution in [3.63, 3.8) is 0 Å². The van der Waals surface area contributed by atoms with Gasteiger partial charge in [-0.25, -0.2) is 0 Å². The summed E-state index contributed by atoms with van der Waals surface area (Å²) in [5, 5.41) is 27.7. The van der Waals surface area contributed by atoms with Crippen LogP contribution in [0.25, 0.3) is 0 Å². The number of nitrogens with zero attached hydrogens (tertiary/aromatic N) is 2. The zero-order valence-electron chi connectivity index (χ0n) is 22.4. The van der Waals surface area contributed by atoms with Crippen molar-refractivity contribution >= 4 is 29.1 Å². The van der Waals surface area contributed by atoms with E-state index >= 15 is 0 Å². The lowest BCUT2D eigenvalue weighted by Gasteiger charge is -2.36. The van der Waals surface area contributed by atoms with E-state index in [2.05, 4.69) is 10.6 Å². The topological polar surface area (TPSA) is 122 Å². The van der Waals surface area contributed by atoms with Crippen LogP contribution >= 0.6 is 0 Å². The van der Waals surface area contributed by atoms with Crippen molar-refractivity contribution in [1.29, 1.82) is 0 Å². The molecule has 3 aliphatic heterocycles. The van der Waals surface area contributed by atoms with Crippen molar-refractivity contribution < 1.29 is 24.6 Å². The number of carbonyl (C=O) groups excluding carboxylic acids is 3. The Bertz CT molecular complexity index is 1300. The number of fused-ring (bicyclic) bond motifs is 2. The molecule has 9 nitrogen and oxygen atoms in total. The summed E-state index contributed by atoms with van der Waals surface area (Å²) in [6.07, 6.45) is 5.78. The van der Waals surface area contributed by atoms with Gasteiger partial charge >= 0.3 is 0 Å². The van der Waals surface area contributed by atoms with E-state index in [0.717, 1.165) is 30.5 Å². The molecule has 0 bridgehead atoms. The third-order valence-corrected chi connectivity index (χ3v) is 8.31. The normalized spacial score (nSPS) is 25.1. The van der Waals surface area contributed by atoms with Gasteiger partial charge in [-0.15, -0.1) is 0 Å². The number of hydrogen-bond acceptors (Lipinski definition) is 6. The fourth-order valence-corrected chi connectivity index (χ4v) is 5.94. The summed E-state index contributed by atoms with van der Waals surface area (Å²) in [4.78, 5) is 42.1. The fraction of sp³-hybridized carbons (Fsp3) is 0.433. The van der Waals surface area contributed by atoms with Crippen LogP contribution in [-0.2, 0) is 33.0 Å². The number of nitrogens with one attached hydrogen (secondary N) is 2. The molecule has 5 rings (SSSR count). The molecule has 3 amide bonds. The molecule has 0 radical (unpaired) electrons. The summed E-state index contributed by atoms with van der Waals surface area (Å²) in [6, 6.07) is 12.5. The zero-order chi connectivity index (χ0) is 27.7. The van der Waals surface area contributed by atoms with E-state index in [9.17, 15) is 24.6 Å². The highest BCUT2D eigenvalue weighted by atomic mass is 16.3. The highest BCUT2D eigenvalue weighted by molar-refractivity contribution is 6.07. The van der Waals surface area contributed by atoms with Crippen molar-refractivity contribution in [2.45, 2.75) is 56.8 Å².